The quantitative estimate of drug-likeness (QED) is 0.636. The summed E-state index contributed by atoms with van der Waals surface area (Å²) in [5, 5.41) is 8.90. The number of hydrogen-bond donors (Lipinski definition) is 1. The van der Waals surface area contributed by atoms with Crippen LogP contribution in [-0.4, -0.2) is 10.1 Å². The number of nitrogens with zero attached hydrogens (tertiary/aromatic N) is 1. The van der Waals surface area contributed by atoms with Gasteiger partial charge in [-0.1, -0.05) is 0 Å². The molecule has 0 amide bonds. The number of hydrogen-bond acceptors (Lipinski definition) is 2. The largest absolute Gasteiger partial charge is 0.506 e. The van der Waals surface area contributed by atoms with Crippen LogP contribution in [0.1, 0.15) is 5.69 Å². The van der Waals surface area contributed by atoms with Crippen molar-refractivity contribution in [2.75, 3.05) is 0 Å². The van der Waals surface area contributed by atoms with Gasteiger partial charge in [0.05, 0.1) is 17.8 Å². The highest BCUT2D eigenvalue weighted by atomic mass is 35.5. The molecule has 54 valence electrons. The Hall–Kier alpha value is -0.830. The van der Waals surface area contributed by atoms with Gasteiger partial charge < -0.3 is 5.11 Å². The Balaban J connectivity index is 3.07. The van der Waals surface area contributed by atoms with Gasteiger partial charge in [0.15, 0.2) is 0 Å². The zero-order valence-electron chi connectivity index (χ0n) is 5.01. The second-order valence-corrected chi connectivity index (χ2v) is 2.02. The van der Waals surface area contributed by atoms with Gasteiger partial charge in [-0.2, -0.15) is 0 Å². The van der Waals surface area contributed by atoms with E-state index in [1.807, 2.05) is 0 Å². The van der Waals surface area contributed by atoms with Crippen molar-refractivity contribution in [1.82, 2.24) is 4.98 Å². The van der Waals surface area contributed by atoms with E-state index in [0.717, 1.165) is 12.3 Å². The fourth-order valence-electron chi connectivity index (χ4n) is 0.560. The summed E-state index contributed by atoms with van der Waals surface area (Å²) in [6.45, 7) is 0. The Morgan fingerprint density at radius 3 is 2.90 bits per heavy atom. The lowest BCUT2D eigenvalue weighted by Gasteiger charge is -1.96. The summed E-state index contributed by atoms with van der Waals surface area (Å²) in [7, 11) is 0. The average Bonchev–Trinajstić information content (AvgIpc) is 1.88. The van der Waals surface area contributed by atoms with Crippen LogP contribution >= 0.6 is 11.6 Å². The molecule has 0 saturated heterocycles. The molecule has 10 heavy (non-hydrogen) atoms. The van der Waals surface area contributed by atoms with E-state index in [0.29, 0.717) is 5.69 Å². The van der Waals surface area contributed by atoms with Crippen LogP contribution in [-0.2, 0) is 5.88 Å². The van der Waals surface area contributed by atoms with E-state index in [2.05, 4.69) is 4.98 Å². The highest BCUT2D eigenvalue weighted by Gasteiger charge is 2.01. The molecular weight excluding hydrogens is 157 g/mol. The maximum Gasteiger partial charge on any atom is 0.145 e. The zero-order valence-corrected chi connectivity index (χ0v) is 5.77. The number of aromatic hydroxyl groups is 1. The highest BCUT2D eigenvalue weighted by molar-refractivity contribution is 6.17. The predicted octanol–water partition coefficient (Wildman–Crippen LogP) is 1.67. The van der Waals surface area contributed by atoms with Gasteiger partial charge in [-0.05, 0) is 0 Å². The van der Waals surface area contributed by atoms with Crippen molar-refractivity contribution >= 4 is 11.6 Å². The lowest BCUT2D eigenvalue weighted by Crippen LogP contribution is -1.86. The van der Waals surface area contributed by atoms with Crippen LogP contribution in [0.3, 0.4) is 0 Å². The minimum Gasteiger partial charge on any atom is -0.506 e. The topological polar surface area (TPSA) is 33.1 Å². The fourth-order valence-corrected chi connectivity index (χ4v) is 0.766. The third-order valence-electron chi connectivity index (χ3n) is 1.04. The molecule has 0 spiro atoms. The van der Waals surface area contributed by atoms with Gasteiger partial charge in [-0.15, -0.1) is 11.6 Å². The van der Waals surface area contributed by atoms with Crippen LogP contribution in [0.25, 0.3) is 0 Å². The van der Waals surface area contributed by atoms with Crippen molar-refractivity contribution < 1.29 is 9.50 Å². The van der Waals surface area contributed by atoms with Crippen molar-refractivity contribution in [1.29, 1.82) is 0 Å². The van der Waals surface area contributed by atoms with E-state index in [-0.39, 0.29) is 11.6 Å². The van der Waals surface area contributed by atoms with E-state index < -0.39 is 5.82 Å². The van der Waals surface area contributed by atoms with Crippen LogP contribution in [0.4, 0.5) is 4.39 Å². The van der Waals surface area contributed by atoms with Gasteiger partial charge in [-0.3, -0.25) is 4.98 Å². The molecule has 1 heterocycles. The van der Waals surface area contributed by atoms with Gasteiger partial charge in [0.25, 0.3) is 0 Å². The maximum absolute atomic E-state index is 12.2. The molecule has 0 bridgehead atoms. The molecule has 1 aromatic heterocycles. The maximum atomic E-state index is 12.2. The third kappa shape index (κ3) is 1.36. The fraction of sp³-hybridized carbons (Fsp3) is 0.167. The smallest absolute Gasteiger partial charge is 0.145 e. The van der Waals surface area contributed by atoms with Gasteiger partial charge in [0.1, 0.15) is 11.6 Å². The molecular formula is C6H5ClFNO. The SMILES string of the molecule is Oc1cc(F)cnc1CCl. The first-order valence-electron chi connectivity index (χ1n) is 2.63. The normalized spacial score (nSPS) is 9.80. The Labute approximate surface area is 62.3 Å². The van der Waals surface area contributed by atoms with E-state index in [1.54, 1.807) is 0 Å². The Kier molecular flexibility index (Phi) is 2.06. The second kappa shape index (κ2) is 2.84. The minimum atomic E-state index is -0.564. The summed E-state index contributed by atoms with van der Waals surface area (Å²) in [5.74, 6) is -0.673. The molecule has 0 fully saturated rings. The lowest BCUT2D eigenvalue weighted by atomic mass is 10.3. The molecule has 0 atom stereocenters. The summed E-state index contributed by atoms with van der Waals surface area (Å²) >= 11 is 5.34. The molecule has 0 aromatic carbocycles. The van der Waals surface area contributed by atoms with Gasteiger partial charge in [0, 0.05) is 6.07 Å². The molecule has 1 rings (SSSR count). The summed E-state index contributed by atoms with van der Waals surface area (Å²) < 4.78 is 12.2. The van der Waals surface area contributed by atoms with E-state index in [1.165, 1.54) is 0 Å². The van der Waals surface area contributed by atoms with Crippen LogP contribution in [0.15, 0.2) is 12.3 Å². The van der Waals surface area contributed by atoms with Crippen molar-refractivity contribution in [2.45, 2.75) is 5.88 Å². The number of alkyl halides is 1. The molecule has 0 saturated carbocycles. The summed E-state index contributed by atoms with van der Waals surface area (Å²) in [6.07, 6.45) is 1.01. The molecule has 0 unspecified atom stereocenters. The van der Waals surface area contributed by atoms with Gasteiger partial charge in [-0.25, -0.2) is 4.39 Å². The van der Waals surface area contributed by atoms with Crippen LogP contribution < -0.4 is 0 Å². The lowest BCUT2D eigenvalue weighted by molar-refractivity contribution is 0.459. The summed E-state index contributed by atoms with van der Waals surface area (Å²) in [5.41, 5.74) is 0.295. The van der Waals surface area contributed by atoms with E-state index >= 15 is 0 Å². The van der Waals surface area contributed by atoms with Crippen LogP contribution in [0.2, 0.25) is 0 Å². The Morgan fingerprint density at radius 1 is 1.70 bits per heavy atom. The molecule has 0 radical (unpaired) electrons. The Morgan fingerprint density at radius 2 is 2.40 bits per heavy atom. The van der Waals surface area contributed by atoms with Crippen LogP contribution in [0, 0.1) is 5.82 Å². The first-order valence-corrected chi connectivity index (χ1v) is 3.17. The minimum absolute atomic E-state index is 0.0894. The second-order valence-electron chi connectivity index (χ2n) is 1.75. The molecule has 4 heteroatoms. The zero-order chi connectivity index (χ0) is 7.56. The van der Waals surface area contributed by atoms with Crippen LogP contribution in [0.5, 0.6) is 5.75 Å². The average molecular weight is 162 g/mol. The highest BCUT2D eigenvalue weighted by Crippen LogP contribution is 2.16. The number of aromatic nitrogens is 1. The van der Waals surface area contributed by atoms with Crippen molar-refractivity contribution in [2.24, 2.45) is 0 Å². The first kappa shape index (κ1) is 7.28. The Bertz CT molecular complexity index is 241. The first-order chi connectivity index (χ1) is 4.74. The molecule has 1 aromatic rings. The standard InChI is InChI=1S/C6H5ClFNO/c7-2-5-6(10)1-4(8)3-9-5/h1,3,10H,2H2. The van der Waals surface area contributed by atoms with Gasteiger partial charge in [0.2, 0.25) is 0 Å². The predicted molar refractivity (Wildman–Crippen MR) is 35.4 cm³/mol. The number of pyridine rings is 1. The van der Waals surface area contributed by atoms with E-state index in [9.17, 15) is 4.39 Å². The van der Waals surface area contributed by atoms with E-state index in [4.69, 9.17) is 16.7 Å². The third-order valence-corrected chi connectivity index (χ3v) is 1.29. The number of rotatable bonds is 1. The summed E-state index contributed by atoms with van der Waals surface area (Å²) in [4.78, 5) is 3.54. The number of halogens is 2. The van der Waals surface area contributed by atoms with Crippen molar-refractivity contribution in [3.63, 3.8) is 0 Å². The molecule has 1 N–H and O–H groups in total. The summed E-state index contributed by atoms with van der Waals surface area (Å²) in [6, 6.07) is 0.977. The molecule has 0 aliphatic carbocycles. The van der Waals surface area contributed by atoms with Crippen molar-refractivity contribution in [3.05, 3.63) is 23.8 Å². The molecule has 0 aliphatic heterocycles. The molecule has 2 nitrogen and oxygen atoms in total. The van der Waals surface area contributed by atoms with Crippen molar-refractivity contribution in [3.8, 4) is 5.75 Å². The molecule has 0 aliphatic rings. The monoisotopic (exact) mass is 161 g/mol. The van der Waals surface area contributed by atoms with Gasteiger partial charge >= 0.3 is 0 Å².